The molecule has 0 radical (unpaired) electrons. The molecular formula is C24H25N3O3S. The van der Waals surface area contributed by atoms with Crippen molar-refractivity contribution in [3.63, 3.8) is 0 Å². The second-order valence-electron chi connectivity index (χ2n) is 7.25. The Labute approximate surface area is 185 Å². The van der Waals surface area contributed by atoms with E-state index in [2.05, 4.69) is 22.5 Å². The number of fused-ring (bicyclic) bond motifs is 1. The number of carbonyl (C=O) groups is 1. The van der Waals surface area contributed by atoms with Gasteiger partial charge < -0.3 is 14.8 Å². The number of ether oxygens (including phenoxy) is 2. The lowest BCUT2D eigenvalue weighted by molar-refractivity contribution is 0.0958. The number of rotatable bonds is 8. The van der Waals surface area contributed by atoms with E-state index >= 15 is 0 Å². The Morgan fingerprint density at radius 2 is 1.81 bits per heavy atom. The van der Waals surface area contributed by atoms with Crippen LogP contribution in [-0.2, 0) is 13.0 Å². The van der Waals surface area contributed by atoms with Crippen LogP contribution in [0.25, 0.3) is 10.2 Å². The molecule has 31 heavy (non-hydrogen) atoms. The maximum absolute atomic E-state index is 12.7. The normalized spacial score (nSPS) is 10.9. The summed E-state index contributed by atoms with van der Waals surface area (Å²) in [6.07, 6.45) is 0.706. The highest BCUT2D eigenvalue weighted by Gasteiger charge is 2.16. The SMILES string of the molecule is COc1ccc(CCNC(=O)c2cc3c(C)nn(Cc4ccccc4)c3s2)cc1OC. The van der Waals surface area contributed by atoms with Crippen molar-refractivity contribution in [3.05, 3.63) is 76.3 Å². The zero-order valence-electron chi connectivity index (χ0n) is 17.8. The average Bonchev–Trinajstić information content (AvgIpc) is 3.35. The first-order valence-electron chi connectivity index (χ1n) is 10.1. The van der Waals surface area contributed by atoms with Gasteiger partial charge in [0.1, 0.15) is 4.83 Å². The second-order valence-corrected chi connectivity index (χ2v) is 8.28. The van der Waals surface area contributed by atoms with Gasteiger partial charge in [0.05, 0.1) is 31.3 Å². The fraction of sp³-hybridized carbons (Fsp3) is 0.250. The van der Waals surface area contributed by atoms with Crippen LogP contribution in [0.5, 0.6) is 11.5 Å². The van der Waals surface area contributed by atoms with Crippen LogP contribution in [0.15, 0.2) is 54.6 Å². The molecule has 4 rings (SSSR count). The van der Waals surface area contributed by atoms with Gasteiger partial charge in [0.15, 0.2) is 11.5 Å². The molecule has 4 aromatic rings. The predicted octanol–water partition coefficient (Wildman–Crippen LogP) is 4.44. The number of aryl methyl sites for hydroxylation is 1. The van der Waals surface area contributed by atoms with Crippen LogP contribution >= 0.6 is 11.3 Å². The van der Waals surface area contributed by atoms with Crippen molar-refractivity contribution in [1.29, 1.82) is 0 Å². The number of aromatic nitrogens is 2. The molecule has 0 unspecified atom stereocenters. The monoisotopic (exact) mass is 435 g/mol. The van der Waals surface area contributed by atoms with E-state index in [9.17, 15) is 4.79 Å². The number of hydrogen-bond acceptors (Lipinski definition) is 5. The highest BCUT2D eigenvalue weighted by molar-refractivity contribution is 7.20. The highest BCUT2D eigenvalue weighted by atomic mass is 32.1. The molecule has 0 bridgehead atoms. The van der Waals surface area contributed by atoms with Crippen LogP contribution < -0.4 is 14.8 Å². The van der Waals surface area contributed by atoms with E-state index in [0.717, 1.165) is 21.5 Å². The van der Waals surface area contributed by atoms with Crippen LogP contribution in [-0.4, -0.2) is 36.5 Å². The van der Waals surface area contributed by atoms with Gasteiger partial charge in [-0.05, 0) is 42.7 Å². The largest absolute Gasteiger partial charge is 0.493 e. The Morgan fingerprint density at radius 1 is 1.03 bits per heavy atom. The van der Waals surface area contributed by atoms with E-state index in [4.69, 9.17) is 9.47 Å². The third-order valence-electron chi connectivity index (χ3n) is 5.15. The van der Waals surface area contributed by atoms with Crippen LogP contribution in [0.1, 0.15) is 26.5 Å². The Hall–Kier alpha value is -3.32. The third-order valence-corrected chi connectivity index (χ3v) is 6.30. The molecule has 7 heteroatoms. The molecule has 6 nitrogen and oxygen atoms in total. The summed E-state index contributed by atoms with van der Waals surface area (Å²) in [6.45, 7) is 3.21. The Bertz CT molecular complexity index is 1200. The summed E-state index contributed by atoms with van der Waals surface area (Å²) < 4.78 is 12.6. The Morgan fingerprint density at radius 3 is 2.55 bits per heavy atom. The van der Waals surface area contributed by atoms with Crippen molar-refractivity contribution in [2.75, 3.05) is 20.8 Å². The number of methoxy groups -OCH3 is 2. The fourth-order valence-electron chi connectivity index (χ4n) is 3.53. The molecule has 0 spiro atoms. The van der Waals surface area contributed by atoms with Crippen LogP contribution in [0.4, 0.5) is 0 Å². The van der Waals surface area contributed by atoms with Gasteiger partial charge in [0, 0.05) is 11.9 Å². The minimum Gasteiger partial charge on any atom is -0.493 e. The van der Waals surface area contributed by atoms with E-state index in [1.165, 1.54) is 16.9 Å². The maximum Gasteiger partial charge on any atom is 0.261 e. The van der Waals surface area contributed by atoms with Crippen molar-refractivity contribution in [3.8, 4) is 11.5 Å². The van der Waals surface area contributed by atoms with Gasteiger partial charge in [-0.25, -0.2) is 0 Å². The van der Waals surface area contributed by atoms with Gasteiger partial charge in [-0.1, -0.05) is 36.4 Å². The van der Waals surface area contributed by atoms with Crippen LogP contribution in [0, 0.1) is 6.92 Å². The lowest BCUT2D eigenvalue weighted by Gasteiger charge is -2.10. The van der Waals surface area contributed by atoms with Crippen molar-refractivity contribution in [1.82, 2.24) is 15.1 Å². The summed E-state index contributed by atoms with van der Waals surface area (Å²) in [7, 11) is 3.23. The number of nitrogens with zero attached hydrogens (tertiary/aromatic N) is 2. The molecule has 160 valence electrons. The minimum absolute atomic E-state index is 0.0627. The first kappa shape index (κ1) is 20.9. The Balaban J connectivity index is 1.43. The van der Waals surface area contributed by atoms with E-state index in [1.54, 1.807) is 14.2 Å². The van der Waals surface area contributed by atoms with Gasteiger partial charge >= 0.3 is 0 Å². The smallest absolute Gasteiger partial charge is 0.261 e. The molecule has 2 aromatic heterocycles. The number of hydrogen-bond donors (Lipinski definition) is 1. The number of benzene rings is 2. The van der Waals surface area contributed by atoms with E-state index in [-0.39, 0.29) is 5.91 Å². The van der Waals surface area contributed by atoms with Gasteiger partial charge in [-0.3, -0.25) is 9.48 Å². The molecule has 1 N–H and O–H groups in total. The zero-order chi connectivity index (χ0) is 21.8. The fourth-order valence-corrected chi connectivity index (χ4v) is 4.61. The number of nitrogens with one attached hydrogen (secondary N) is 1. The minimum atomic E-state index is -0.0627. The second kappa shape index (κ2) is 9.22. The van der Waals surface area contributed by atoms with Gasteiger partial charge in [-0.15, -0.1) is 11.3 Å². The third kappa shape index (κ3) is 4.56. The number of thiophene rings is 1. The molecule has 0 aliphatic rings. The number of amides is 1. The van der Waals surface area contributed by atoms with Gasteiger partial charge in [0.25, 0.3) is 5.91 Å². The summed E-state index contributed by atoms with van der Waals surface area (Å²) in [5.41, 5.74) is 3.19. The van der Waals surface area contributed by atoms with E-state index in [0.29, 0.717) is 35.9 Å². The molecule has 0 fully saturated rings. The van der Waals surface area contributed by atoms with Crippen molar-refractivity contribution < 1.29 is 14.3 Å². The molecule has 0 aliphatic carbocycles. The molecule has 1 amide bonds. The van der Waals surface area contributed by atoms with E-state index in [1.807, 2.05) is 54.1 Å². The quantitative estimate of drug-likeness (QED) is 0.444. The Kier molecular flexibility index (Phi) is 6.23. The molecule has 2 aromatic carbocycles. The van der Waals surface area contributed by atoms with Crippen molar-refractivity contribution >= 4 is 27.5 Å². The average molecular weight is 436 g/mol. The summed E-state index contributed by atoms with van der Waals surface area (Å²) in [6, 6.07) is 17.9. The lowest BCUT2D eigenvalue weighted by atomic mass is 10.1. The predicted molar refractivity (Wildman–Crippen MR) is 123 cm³/mol. The summed E-state index contributed by atoms with van der Waals surface area (Å²) in [5.74, 6) is 1.32. The first-order chi connectivity index (χ1) is 15.1. The van der Waals surface area contributed by atoms with Crippen LogP contribution in [0.2, 0.25) is 0 Å². The van der Waals surface area contributed by atoms with Crippen molar-refractivity contribution in [2.24, 2.45) is 0 Å². The highest BCUT2D eigenvalue weighted by Crippen LogP contribution is 2.29. The zero-order valence-corrected chi connectivity index (χ0v) is 18.7. The number of carbonyl (C=O) groups excluding carboxylic acids is 1. The standard InChI is InChI=1S/C24H25N3O3S/c1-16-19-14-22(31-24(19)27(26-16)15-18-7-5-4-6-8-18)23(28)25-12-11-17-9-10-20(29-2)21(13-17)30-3/h4-10,13-14H,11-12,15H2,1-3H3,(H,25,28). The molecule has 0 aliphatic heterocycles. The molecule has 2 heterocycles. The maximum atomic E-state index is 12.7. The molecule has 0 saturated heterocycles. The van der Waals surface area contributed by atoms with Crippen LogP contribution in [0.3, 0.4) is 0 Å². The molecular weight excluding hydrogens is 410 g/mol. The lowest BCUT2D eigenvalue weighted by Crippen LogP contribution is -2.24. The summed E-state index contributed by atoms with van der Waals surface area (Å²) >= 11 is 1.48. The van der Waals surface area contributed by atoms with Crippen molar-refractivity contribution in [2.45, 2.75) is 19.9 Å². The van der Waals surface area contributed by atoms with Gasteiger partial charge in [0.2, 0.25) is 0 Å². The molecule has 0 atom stereocenters. The summed E-state index contributed by atoms with van der Waals surface area (Å²) in [5, 5.41) is 8.71. The topological polar surface area (TPSA) is 65.4 Å². The van der Waals surface area contributed by atoms with E-state index < -0.39 is 0 Å². The molecule has 0 saturated carbocycles. The summed E-state index contributed by atoms with van der Waals surface area (Å²) in [4.78, 5) is 14.5. The first-order valence-corrected chi connectivity index (χ1v) is 10.9. The van der Waals surface area contributed by atoms with Gasteiger partial charge in [-0.2, -0.15) is 5.10 Å².